The molecule has 0 radical (unpaired) electrons. The average molecular weight is 277 g/mol. The molecular formula is C17H27NO2. The summed E-state index contributed by atoms with van der Waals surface area (Å²) in [6.07, 6.45) is 3.72. The van der Waals surface area contributed by atoms with E-state index in [9.17, 15) is 0 Å². The van der Waals surface area contributed by atoms with E-state index in [1.54, 1.807) is 14.2 Å². The zero-order chi connectivity index (χ0) is 14.7. The highest BCUT2D eigenvalue weighted by molar-refractivity contribution is 5.42. The fourth-order valence-corrected chi connectivity index (χ4v) is 3.66. The summed E-state index contributed by atoms with van der Waals surface area (Å²) in [6.45, 7) is 4.66. The molecule has 20 heavy (non-hydrogen) atoms. The standard InChI is InChI=1S/C17H27NO2/c1-11-7-12(2)9-13(8-11)17(18)15-10-14(19-3)5-6-16(15)20-4/h5-6,10-13,17H,7-9,18H2,1-4H3. The molecule has 2 N–H and O–H groups in total. The van der Waals surface area contributed by atoms with Crippen molar-refractivity contribution >= 4 is 0 Å². The molecular weight excluding hydrogens is 250 g/mol. The van der Waals surface area contributed by atoms with Gasteiger partial charge in [0.2, 0.25) is 0 Å². The topological polar surface area (TPSA) is 44.5 Å². The maximum atomic E-state index is 6.56. The lowest BCUT2D eigenvalue weighted by Gasteiger charge is -2.35. The summed E-state index contributed by atoms with van der Waals surface area (Å²) in [5.41, 5.74) is 7.63. The molecule has 0 heterocycles. The Hall–Kier alpha value is -1.22. The van der Waals surface area contributed by atoms with E-state index in [0.717, 1.165) is 28.9 Å². The first kappa shape index (κ1) is 15.2. The van der Waals surface area contributed by atoms with Gasteiger partial charge in [0.05, 0.1) is 14.2 Å². The molecule has 0 amide bonds. The lowest BCUT2D eigenvalue weighted by atomic mass is 9.72. The van der Waals surface area contributed by atoms with Gasteiger partial charge in [-0.1, -0.05) is 13.8 Å². The van der Waals surface area contributed by atoms with Gasteiger partial charge >= 0.3 is 0 Å². The van der Waals surface area contributed by atoms with Gasteiger partial charge in [0.15, 0.2) is 0 Å². The van der Waals surface area contributed by atoms with Gasteiger partial charge < -0.3 is 15.2 Å². The fraction of sp³-hybridized carbons (Fsp3) is 0.647. The normalized spacial score (nSPS) is 27.9. The number of ether oxygens (including phenoxy) is 2. The summed E-state index contributed by atoms with van der Waals surface area (Å²) in [5, 5.41) is 0. The van der Waals surface area contributed by atoms with Crippen LogP contribution in [0.2, 0.25) is 0 Å². The van der Waals surface area contributed by atoms with Crippen LogP contribution in [0.15, 0.2) is 18.2 Å². The molecule has 1 fully saturated rings. The van der Waals surface area contributed by atoms with Crippen LogP contribution in [0.3, 0.4) is 0 Å². The zero-order valence-electron chi connectivity index (χ0n) is 13.1. The van der Waals surface area contributed by atoms with Gasteiger partial charge in [-0.25, -0.2) is 0 Å². The summed E-state index contributed by atoms with van der Waals surface area (Å²) >= 11 is 0. The number of rotatable bonds is 4. The van der Waals surface area contributed by atoms with Crippen molar-refractivity contribution in [2.24, 2.45) is 23.5 Å². The van der Waals surface area contributed by atoms with Crippen molar-refractivity contribution in [3.8, 4) is 11.5 Å². The maximum Gasteiger partial charge on any atom is 0.123 e. The van der Waals surface area contributed by atoms with E-state index in [4.69, 9.17) is 15.2 Å². The second-order valence-electron chi connectivity index (χ2n) is 6.31. The maximum absolute atomic E-state index is 6.56. The zero-order valence-corrected chi connectivity index (χ0v) is 13.1. The first-order valence-corrected chi connectivity index (χ1v) is 7.52. The number of nitrogens with two attached hydrogens (primary N) is 1. The summed E-state index contributed by atoms with van der Waals surface area (Å²) in [6, 6.07) is 5.91. The number of hydrogen-bond acceptors (Lipinski definition) is 3. The Kier molecular flexibility index (Phi) is 4.92. The van der Waals surface area contributed by atoms with Gasteiger partial charge in [0, 0.05) is 11.6 Å². The Morgan fingerprint density at radius 3 is 2.25 bits per heavy atom. The fourth-order valence-electron chi connectivity index (χ4n) is 3.66. The molecule has 3 unspecified atom stereocenters. The van der Waals surface area contributed by atoms with E-state index < -0.39 is 0 Å². The van der Waals surface area contributed by atoms with E-state index in [-0.39, 0.29) is 6.04 Å². The molecule has 1 aromatic carbocycles. The third kappa shape index (κ3) is 3.26. The third-order valence-electron chi connectivity index (χ3n) is 4.52. The summed E-state index contributed by atoms with van der Waals surface area (Å²) in [4.78, 5) is 0. The highest BCUT2D eigenvalue weighted by atomic mass is 16.5. The Labute approximate surface area is 122 Å². The average Bonchev–Trinajstić information content (AvgIpc) is 2.44. The molecule has 0 bridgehead atoms. The molecule has 3 atom stereocenters. The quantitative estimate of drug-likeness (QED) is 0.911. The Morgan fingerprint density at radius 1 is 1.05 bits per heavy atom. The molecule has 0 aliphatic heterocycles. The second-order valence-corrected chi connectivity index (χ2v) is 6.31. The van der Waals surface area contributed by atoms with Crippen LogP contribution in [0.1, 0.15) is 44.7 Å². The Morgan fingerprint density at radius 2 is 1.70 bits per heavy atom. The highest BCUT2D eigenvalue weighted by Crippen LogP contribution is 2.41. The van der Waals surface area contributed by atoms with E-state index in [1.807, 2.05) is 18.2 Å². The first-order valence-electron chi connectivity index (χ1n) is 7.52. The molecule has 112 valence electrons. The highest BCUT2D eigenvalue weighted by Gasteiger charge is 2.30. The third-order valence-corrected chi connectivity index (χ3v) is 4.52. The van der Waals surface area contributed by atoms with Gasteiger partial charge in [-0.3, -0.25) is 0 Å². The molecule has 1 aliphatic rings. The minimum Gasteiger partial charge on any atom is -0.497 e. The van der Waals surface area contributed by atoms with Crippen LogP contribution in [0.25, 0.3) is 0 Å². The van der Waals surface area contributed by atoms with Crippen molar-refractivity contribution in [2.45, 2.75) is 39.2 Å². The number of methoxy groups -OCH3 is 2. The van der Waals surface area contributed by atoms with Gasteiger partial charge in [-0.05, 0) is 55.2 Å². The van der Waals surface area contributed by atoms with Crippen molar-refractivity contribution in [1.29, 1.82) is 0 Å². The van der Waals surface area contributed by atoms with E-state index in [0.29, 0.717) is 5.92 Å². The van der Waals surface area contributed by atoms with Crippen LogP contribution in [-0.4, -0.2) is 14.2 Å². The SMILES string of the molecule is COc1ccc(OC)c(C(N)C2CC(C)CC(C)C2)c1. The molecule has 3 heteroatoms. The predicted molar refractivity (Wildman–Crippen MR) is 82.1 cm³/mol. The molecule has 1 aliphatic carbocycles. The van der Waals surface area contributed by atoms with Gasteiger partial charge in [0.25, 0.3) is 0 Å². The van der Waals surface area contributed by atoms with E-state index in [2.05, 4.69) is 13.8 Å². The van der Waals surface area contributed by atoms with Gasteiger partial charge in [-0.2, -0.15) is 0 Å². The van der Waals surface area contributed by atoms with E-state index in [1.165, 1.54) is 19.3 Å². The molecule has 1 aromatic rings. The number of hydrogen-bond donors (Lipinski definition) is 1. The van der Waals surface area contributed by atoms with E-state index >= 15 is 0 Å². The van der Waals surface area contributed by atoms with Crippen LogP contribution in [0, 0.1) is 17.8 Å². The monoisotopic (exact) mass is 277 g/mol. The van der Waals surface area contributed by atoms with Crippen LogP contribution in [0.4, 0.5) is 0 Å². The second kappa shape index (κ2) is 6.49. The minimum atomic E-state index is 0.0187. The smallest absolute Gasteiger partial charge is 0.123 e. The molecule has 0 saturated heterocycles. The molecule has 1 saturated carbocycles. The largest absolute Gasteiger partial charge is 0.497 e. The predicted octanol–water partition coefficient (Wildman–Crippen LogP) is 3.78. The summed E-state index contributed by atoms with van der Waals surface area (Å²) in [7, 11) is 3.38. The van der Waals surface area contributed by atoms with Crippen LogP contribution in [0.5, 0.6) is 11.5 Å². The van der Waals surface area contributed by atoms with Crippen molar-refractivity contribution < 1.29 is 9.47 Å². The molecule has 0 aromatic heterocycles. The van der Waals surface area contributed by atoms with Crippen molar-refractivity contribution in [1.82, 2.24) is 0 Å². The Bertz CT molecular complexity index is 437. The van der Waals surface area contributed by atoms with Gasteiger partial charge in [0.1, 0.15) is 11.5 Å². The lowest BCUT2D eigenvalue weighted by molar-refractivity contribution is 0.191. The van der Waals surface area contributed by atoms with Crippen molar-refractivity contribution in [3.63, 3.8) is 0 Å². The molecule has 2 rings (SSSR count). The summed E-state index contributed by atoms with van der Waals surface area (Å²) in [5.74, 6) is 3.74. The van der Waals surface area contributed by atoms with Crippen molar-refractivity contribution in [3.05, 3.63) is 23.8 Å². The molecule has 0 spiro atoms. The summed E-state index contributed by atoms with van der Waals surface area (Å²) < 4.78 is 10.8. The van der Waals surface area contributed by atoms with Crippen molar-refractivity contribution in [2.75, 3.05) is 14.2 Å². The lowest BCUT2D eigenvalue weighted by Crippen LogP contribution is -2.29. The number of benzene rings is 1. The minimum absolute atomic E-state index is 0.0187. The van der Waals surface area contributed by atoms with Crippen LogP contribution in [-0.2, 0) is 0 Å². The Balaban J connectivity index is 2.24. The molecule has 3 nitrogen and oxygen atoms in total. The first-order chi connectivity index (χ1) is 9.55. The van der Waals surface area contributed by atoms with Gasteiger partial charge in [-0.15, -0.1) is 0 Å². The van der Waals surface area contributed by atoms with Crippen LogP contribution >= 0.6 is 0 Å². The van der Waals surface area contributed by atoms with Crippen LogP contribution < -0.4 is 15.2 Å².